The third-order valence-corrected chi connectivity index (χ3v) is 4.16. The van der Waals surface area contributed by atoms with Gasteiger partial charge >= 0.3 is 0 Å². The summed E-state index contributed by atoms with van der Waals surface area (Å²) < 4.78 is 22.2. The zero-order valence-corrected chi connectivity index (χ0v) is 10.7. The summed E-state index contributed by atoms with van der Waals surface area (Å²) >= 11 is 0. The van der Waals surface area contributed by atoms with Crippen LogP contribution in [0.3, 0.4) is 0 Å². The van der Waals surface area contributed by atoms with E-state index in [9.17, 15) is 4.21 Å². The maximum absolute atomic E-state index is 11.0. The van der Waals surface area contributed by atoms with Crippen molar-refractivity contribution in [2.24, 2.45) is 0 Å². The van der Waals surface area contributed by atoms with Crippen molar-refractivity contribution >= 4 is 10.8 Å². The number of hydrogen-bond acceptors (Lipinski definition) is 4. The summed E-state index contributed by atoms with van der Waals surface area (Å²) in [4.78, 5) is 0. The number of nitrogens with one attached hydrogen (secondary N) is 1. The van der Waals surface area contributed by atoms with Gasteiger partial charge in [0.15, 0.2) is 0 Å². The van der Waals surface area contributed by atoms with E-state index in [4.69, 9.17) is 9.47 Å². The van der Waals surface area contributed by atoms with Gasteiger partial charge in [0.1, 0.15) is 0 Å². The molecule has 2 saturated heterocycles. The molecule has 2 fully saturated rings. The second-order valence-electron chi connectivity index (χ2n) is 4.76. The van der Waals surface area contributed by atoms with Crippen molar-refractivity contribution in [3.05, 3.63) is 0 Å². The van der Waals surface area contributed by atoms with Crippen LogP contribution in [0.25, 0.3) is 0 Å². The van der Waals surface area contributed by atoms with Crippen LogP contribution in [0.15, 0.2) is 0 Å². The number of ether oxygens (including phenoxy) is 2. The highest BCUT2D eigenvalue weighted by atomic mass is 32.2. The van der Waals surface area contributed by atoms with E-state index in [1.165, 1.54) is 0 Å². The Hall–Kier alpha value is 0.0300. The molecular weight excluding hydrogens is 226 g/mol. The van der Waals surface area contributed by atoms with E-state index >= 15 is 0 Å². The second-order valence-corrected chi connectivity index (χ2v) is 6.31. The molecule has 94 valence electrons. The van der Waals surface area contributed by atoms with Gasteiger partial charge in [0.25, 0.3) is 0 Å². The SMILES string of the molecule is CS(=O)CCNC1CCOC2(CCOC2)C1. The van der Waals surface area contributed by atoms with Crippen molar-refractivity contribution in [3.8, 4) is 0 Å². The summed E-state index contributed by atoms with van der Waals surface area (Å²) in [5.74, 6) is 0.737. The lowest BCUT2D eigenvalue weighted by Gasteiger charge is -2.37. The van der Waals surface area contributed by atoms with E-state index in [0.717, 1.165) is 51.4 Å². The van der Waals surface area contributed by atoms with Gasteiger partial charge in [-0.15, -0.1) is 0 Å². The number of rotatable bonds is 4. The van der Waals surface area contributed by atoms with E-state index in [1.807, 2.05) is 0 Å². The Morgan fingerprint density at radius 3 is 3.06 bits per heavy atom. The van der Waals surface area contributed by atoms with Gasteiger partial charge in [-0.25, -0.2) is 0 Å². The van der Waals surface area contributed by atoms with Crippen molar-refractivity contribution in [1.82, 2.24) is 5.32 Å². The minimum Gasteiger partial charge on any atom is -0.378 e. The standard InChI is InChI=1S/C11H21NO3S/c1-16(13)7-4-12-10-2-5-15-11(8-10)3-6-14-9-11/h10,12H,2-9H2,1H3. The first-order chi connectivity index (χ1) is 7.70. The van der Waals surface area contributed by atoms with Crippen LogP contribution in [-0.2, 0) is 20.3 Å². The lowest BCUT2D eigenvalue weighted by Crippen LogP contribution is -2.48. The predicted octanol–water partition coefficient (Wildman–Crippen LogP) is 0.293. The largest absolute Gasteiger partial charge is 0.378 e. The molecule has 0 aromatic carbocycles. The highest BCUT2D eigenvalue weighted by Gasteiger charge is 2.40. The lowest BCUT2D eigenvalue weighted by molar-refractivity contribution is -0.0890. The van der Waals surface area contributed by atoms with Crippen molar-refractivity contribution in [2.75, 3.05) is 38.4 Å². The van der Waals surface area contributed by atoms with Crippen LogP contribution < -0.4 is 5.32 Å². The molecule has 0 saturated carbocycles. The van der Waals surface area contributed by atoms with Gasteiger partial charge in [-0.2, -0.15) is 0 Å². The van der Waals surface area contributed by atoms with Gasteiger partial charge in [0, 0.05) is 55.0 Å². The molecule has 2 rings (SSSR count). The van der Waals surface area contributed by atoms with E-state index in [-0.39, 0.29) is 5.60 Å². The van der Waals surface area contributed by atoms with Crippen LogP contribution in [0.2, 0.25) is 0 Å². The third-order valence-electron chi connectivity index (χ3n) is 3.38. The van der Waals surface area contributed by atoms with Crippen LogP contribution in [0, 0.1) is 0 Å². The van der Waals surface area contributed by atoms with E-state index < -0.39 is 10.8 Å². The molecule has 1 N–H and O–H groups in total. The first kappa shape index (κ1) is 12.5. The Balaban J connectivity index is 1.76. The maximum Gasteiger partial charge on any atom is 0.0951 e. The highest BCUT2D eigenvalue weighted by Crippen LogP contribution is 2.32. The quantitative estimate of drug-likeness (QED) is 0.776. The normalized spacial score (nSPS) is 36.7. The van der Waals surface area contributed by atoms with Gasteiger partial charge in [0.2, 0.25) is 0 Å². The van der Waals surface area contributed by atoms with E-state index in [0.29, 0.717) is 6.04 Å². The molecule has 0 aromatic rings. The molecule has 1 spiro atoms. The Morgan fingerprint density at radius 1 is 1.50 bits per heavy atom. The summed E-state index contributed by atoms with van der Waals surface area (Å²) in [6.07, 6.45) is 4.85. The molecule has 0 bridgehead atoms. The zero-order chi connectivity index (χ0) is 11.4. The summed E-state index contributed by atoms with van der Waals surface area (Å²) in [5.41, 5.74) is -0.0265. The molecule has 0 aromatic heterocycles. The smallest absolute Gasteiger partial charge is 0.0951 e. The molecule has 2 aliphatic rings. The molecule has 5 heteroatoms. The fourth-order valence-corrected chi connectivity index (χ4v) is 2.88. The minimum absolute atomic E-state index is 0.0265. The second kappa shape index (κ2) is 5.58. The Kier molecular flexibility index (Phi) is 4.35. The summed E-state index contributed by atoms with van der Waals surface area (Å²) in [6.45, 7) is 3.22. The molecule has 2 heterocycles. The van der Waals surface area contributed by atoms with E-state index in [2.05, 4.69) is 5.32 Å². The van der Waals surface area contributed by atoms with Crippen molar-refractivity contribution in [1.29, 1.82) is 0 Å². The van der Waals surface area contributed by atoms with Crippen LogP contribution in [-0.4, -0.2) is 54.2 Å². The van der Waals surface area contributed by atoms with E-state index in [1.54, 1.807) is 6.26 Å². The molecule has 3 atom stereocenters. The fourth-order valence-electron chi connectivity index (χ4n) is 2.47. The first-order valence-electron chi connectivity index (χ1n) is 5.95. The van der Waals surface area contributed by atoms with Gasteiger partial charge < -0.3 is 14.8 Å². The number of hydrogen-bond donors (Lipinski definition) is 1. The van der Waals surface area contributed by atoms with Gasteiger partial charge in [-0.05, 0) is 12.8 Å². The van der Waals surface area contributed by atoms with Crippen LogP contribution in [0.4, 0.5) is 0 Å². The molecule has 3 unspecified atom stereocenters. The van der Waals surface area contributed by atoms with Gasteiger partial charge in [0.05, 0.1) is 12.2 Å². The van der Waals surface area contributed by atoms with Gasteiger partial charge in [-0.1, -0.05) is 0 Å². The highest BCUT2D eigenvalue weighted by molar-refractivity contribution is 7.84. The van der Waals surface area contributed by atoms with Crippen molar-refractivity contribution < 1.29 is 13.7 Å². The molecule has 0 radical (unpaired) electrons. The summed E-state index contributed by atoms with van der Waals surface area (Å²) in [5, 5.41) is 3.48. The molecule has 16 heavy (non-hydrogen) atoms. The molecule has 0 aliphatic carbocycles. The zero-order valence-electron chi connectivity index (χ0n) is 9.87. The maximum atomic E-state index is 11.0. The third kappa shape index (κ3) is 3.26. The van der Waals surface area contributed by atoms with Crippen LogP contribution in [0.5, 0.6) is 0 Å². The Labute approximate surface area is 99.5 Å². The fraction of sp³-hybridized carbons (Fsp3) is 1.00. The van der Waals surface area contributed by atoms with Crippen molar-refractivity contribution in [3.63, 3.8) is 0 Å². The van der Waals surface area contributed by atoms with Gasteiger partial charge in [-0.3, -0.25) is 4.21 Å². The summed E-state index contributed by atoms with van der Waals surface area (Å²) in [7, 11) is -0.699. The minimum atomic E-state index is -0.699. The molecular formula is C11H21NO3S. The molecule has 0 amide bonds. The topological polar surface area (TPSA) is 47.6 Å². The average Bonchev–Trinajstić information content (AvgIpc) is 2.66. The molecule has 4 nitrogen and oxygen atoms in total. The summed E-state index contributed by atoms with van der Waals surface area (Å²) in [6, 6.07) is 0.499. The lowest BCUT2D eigenvalue weighted by atomic mass is 9.90. The first-order valence-corrected chi connectivity index (χ1v) is 7.68. The molecule has 2 aliphatic heterocycles. The van der Waals surface area contributed by atoms with Crippen LogP contribution in [0.1, 0.15) is 19.3 Å². The monoisotopic (exact) mass is 247 g/mol. The average molecular weight is 247 g/mol. The van der Waals surface area contributed by atoms with Crippen LogP contribution >= 0.6 is 0 Å². The Morgan fingerprint density at radius 2 is 2.38 bits per heavy atom. The van der Waals surface area contributed by atoms with Crippen molar-refractivity contribution in [2.45, 2.75) is 30.9 Å². The predicted molar refractivity (Wildman–Crippen MR) is 64.1 cm³/mol. The Bertz CT molecular complexity index is 254.